The van der Waals surface area contributed by atoms with Gasteiger partial charge in [-0.3, -0.25) is 9.69 Å². The molecule has 0 unspecified atom stereocenters. The zero-order chi connectivity index (χ0) is 26.0. The number of amides is 1. The van der Waals surface area contributed by atoms with E-state index in [0.29, 0.717) is 48.5 Å². The second-order valence-electron chi connectivity index (χ2n) is 8.65. The number of thioether (sulfide) groups is 1. The number of aromatic nitrogens is 1. The summed E-state index contributed by atoms with van der Waals surface area (Å²) in [5, 5.41) is -0.177. The Bertz CT molecular complexity index is 1440. The highest BCUT2D eigenvalue weighted by Gasteiger charge is 2.34. The summed E-state index contributed by atoms with van der Waals surface area (Å²) in [6.45, 7) is 4.16. The molecule has 1 aromatic heterocycles. The number of morpholine rings is 1. The van der Waals surface area contributed by atoms with Crippen molar-refractivity contribution in [2.24, 2.45) is 0 Å². The van der Waals surface area contributed by atoms with Crippen LogP contribution in [0, 0.1) is 6.92 Å². The monoisotopic (exact) mass is 555 g/mol. The van der Waals surface area contributed by atoms with Gasteiger partial charge in [-0.2, -0.15) is 4.98 Å². The van der Waals surface area contributed by atoms with Crippen molar-refractivity contribution in [1.82, 2.24) is 9.88 Å². The van der Waals surface area contributed by atoms with Crippen LogP contribution in [0.5, 0.6) is 0 Å². The van der Waals surface area contributed by atoms with Crippen LogP contribution >= 0.6 is 24.0 Å². The van der Waals surface area contributed by atoms with Crippen molar-refractivity contribution in [2.45, 2.75) is 23.3 Å². The van der Waals surface area contributed by atoms with Gasteiger partial charge in [0.25, 0.3) is 5.91 Å². The largest absolute Gasteiger partial charge is 0.420 e. The fourth-order valence-electron chi connectivity index (χ4n) is 4.04. The molecular formula is C26H25N3O5S3. The molecule has 0 saturated carbocycles. The Labute approximate surface area is 225 Å². The summed E-state index contributed by atoms with van der Waals surface area (Å²) in [4.78, 5) is 21.3. The standard InChI is InChI=1S/C26H25N3O5S3/c1-18-7-9-20(10-8-18)37(31,32)23-25(28-13-15-33-16-14-28)34-22(27-23)17-21-24(30)29(26(35)36-21)12-11-19-5-3-2-4-6-19/h2-10,17H,11-16H2,1H3. The van der Waals surface area contributed by atoms with E-state index in [1.165, 1.54) is 6.08 Å². The summed E-state index contributed by atoms with van der Waals surface area (Å²) in [6.07, 6.45) is 2.14. The van der Waals surface area contributed by atoms with E-state index in [4.69, 9.17) is 21.4 Å². The van der Waals surface area contributed by atoms with Gasteiger partial charge in [-0.1, -0.05) is 72.0 Å². The Kier molecular flexibility index (Phi) is 7.47. The lowest BCUT2D eigenvalue weighted by atomic mass is 10.1. The molecule has 0 radical (unpaired) electrons. The molecule has 2 aliphatic rings. The van der Waals surface area contributed by atoms with E-state index in [0.717, 1.165) is 22.9 Å². The van der Waals surface area contributed by atoms with Crippen LogP contribution in [0.15, 0.2) is 73.8 Å². The zero-order valence-electron chi connectivity index (χ0n) is 20.1. The topological polar surface area (TPSA) is 93.0 Å². The minimum atomic E-state index is -3.97. The molecular weight excluding hydrogens is 531 g/mol. The van der Waals surface area contributed by atoms with Crippen LogP contribution in [0.3, 0.4) is 0 Å². The fraction of sp³-hybridized carbons (Fsp3) is 0.269. The van der Waals surface area contributed by atoms with Crippen molar-refractivity contribution in [1.29, 1.82) is 0 Å². The SMILES string of the molecule is Cc1ccc(S(=O)(=O)c2nc(C=C3SC(=S)N(CCc4ccccc4)C3=O)oc2N2CCOCC2)cc1. The number of benzene rings is 2. The van der Waals surface area contributed by atoms with Gasteiger partial charge in [0, 0.05) is 25.7 Å². The van der Waals surface area contributed by atoms with Gasteiger partial charge in [-0.15, -0.1) is 0 Å². The average molecular weight is 556 g/mol. The van der Waals surface area contributed by atoms with Gasteiger partial charge in [0.2, 0.25) is 26.6 Å². The maximum Gasteiger partial charge on any atom is 0.266 e. The second-order valence-corrected chi connectivity index (χ2v) is 12.2. The summed E-state index contributed by atoms with van der Waals surface area (Å²) in [6, 6.07) is 16.5. The molecule has 8 nitrogen and oxygen atoms in total. The normalized spacial score (nSPS) is 17.7. The molecule has 0 N–H and O–H groups in total. The van der Waals surface area contributed by atoms with Crippen molar-refractivity contribution in [3.8, 4) is 0 Å². The first kappa shape index (κ1) is 25.7. The lowest BCUT2D eigenvalue weighted by Gasteiger charge is -2.26. The summed E-state index contributed by atoms with van der Waals surface area (Å²) in [5.74, 6) is -0.0644. The molecule has 2 fully saturated rings. The smallest absolute Gasteiger partial charge is 0.266 e. The number of hydrogen-bond acceptors (Lipinski definition) is 9. The summed E-state index contributed by atoms with van der Waals surface area (Å²) < 4.78 is 38.9. The number of carbonyl (C=O) groups excluding carboxylic acids is 1. The number of carbonyl (C=O) groups is 1. The van der Waals surface area contributed by atoms with E-state index in [9.17, 15) is 13.2 Å². The lowest BCUT2D eigenvalue weighted by Crippen LogP contribution is -2.36. The van der Waals surface area contributed by atoms with E-state index in [1.54, 1.807) is 34.1 Å². The highest BCUT2D eigenvalue weighted by Crippen LogP contribution is 2.36. The highest BCUT2D eigenvalue weighted by molar-refractivity contribution is 8.26. The Morgan fingerprint density at radius 1 is 1.08 bits per heavy atom. The average Bonchev–Trinajstić information content (AvgIpc) is 3.45. The van der Waals surface area contributed by atoms with Crippen molar-refractivity contribution in [3.05, 3.63) is 76.5 Å². The van der Waals surface area contributed by atoms with Crippen LogP contribution in [0.25, 0.3) is 6.08 Å². The molecule has 0 atom stereocenters. The van der Waals surface area contributed by atoms with Crippen molar-refractivity contribution < 1.29 is 22.4 Å². The molecule has 0 bridgehead atoms. The second kappa shape index (κ2) is 10.8. The van der Waals surface area contributed by atoms with Crippen molar-refractivity contribution in [2.75, 3.05) is 37.7 Å². The van der Waals surface area contributed by atoms with Crippen LogP contribution in [0.1, 0.15) is 17.0 Å². The number of thiocarbonyl (C=S) groups is 1. The van der Waals surface area contributed by atoms with Gasteiger partial charge in [0.15, 0.2) is 0 Å². The Morgan fingerprint density at radius 2 is 1.78 bits per heavy atom. The van der Waals surface area contributed by atoms with Gasteiger partial charge < -0.3 is 14.1 Å². The Morgan fingerprint density at radius 3 is 2.49 bits per heavy atom. The number of rotatable bonds is 7. The molecule has 3 heterocycles. The first-order valence-electron chi connectivity index (χ1n) is 11.8. The van der Waals surface area contributed by atoms with E-state index < -0.39 is 9.84 Å². The molecule has 3 aromatic rings. The van der Waals surface area contributed by atoms with Gasteiger partial charge in [0.05, 0.1) is 23.0 Å². The molecule has 2 saturated heterocycles. The van der Waals surface area contributed by atoms with Crippen LogP contribution in [0.4, 0.5) is 5.88 Å². The van der Waals surface area contributed by atoms with Crippen molar-refractivity contribution >= 4 is 56.0 Å². The summed E-state index contributed by atoms with van der Waals surface area (Å²) in [7, 11) is -3.97. The molecule has 5 rings (SSSR count). The van der Waals surface area contributed by atoms with Crippen LogP contribution in [-0.2, 0) is 25.8 Å². The number of hydrogen-bond donors (Lipinski definition) is 0. The molecule has 2 aromatic carbocycles. The highest BCUT2D eigenvalue weighted by atomic mass is 32.2. The fourth-order valence-corrected chi connectivity index (χ4v) is 6.64. The minimum absolute atomic E-state index is 0.0377. The number of anilines is 1. The maximum atomic E-state index is 13.5. The van der Waals surface area contributed by atoms with Crippen LogP contribution in [-0.4, -0.2) is 61.4 Å². The van der Waals surface area contributed by atoms with Gasteiger partial charge in [0.1, 0.15) is 4.32 Å². The lowest BCUT2D eigenvalue weighted by molar-refractivity contribution is -0.122. The number of oxazole rings is 1. The number of ether oxygens (including phenoxy) is 1. The first-order valence-corrected chi connectivity index (χ1v) is 14.5. The van der Waals surface area contributed by atoms with E-state index in [1.807, 2.05) is 37.3 Å². The Balaban J connectivity index is 1.45. The maximum absolute atomic E-state index is 13.5. The predicted octanol–water partition coefficient (Wildman–Crippen LogP) is 4.10. The Hall–Kier alpha value is -2.99. The third-order valence-corrected chi connectivity index (χ3v) is 9.12. The molecule has 0 spiro atoms. The third kappa shape index (κ3) is 5.49. The first-order chi connectivity index (χ1) is 17.8. The summed E-state index contributed by atoms with van der Waals surface area (Å²) >= 11 is 6.61. The molecule has 2 aliphatic heterocycles. The number of aryl methyl sites for hydroxylation is 1. The molecule has 1 amide bonds. The molecule has 11 heteroatoms. The number of sulfone groups is 1. The van der Waals surface area contributed by atoms with Gasteiger partial charge >= 0.3 is 0 Å². The quantitative estimate of drug-likeness (QED) is 0.316. The molecule has 0 aliphatic carbocycles. The van der Waals surface area contributed by atoms with Gasteiger partial charge in [-0.25, -0.2) is 8.42 Å². The zero-order valence-corrected chi connectivity index (χ0v) is 22.6. The number of nitrogens with zero attached hydrogens (tertiary/aromatic N) is 3. The van der Waals surface area contributed by atoms with Crippen LogP contribution < -0.4 is 4.90 Å². The van der Waals surface area contributed by atoms with Crippen molar-refractivity contribution in [3.63, 3.8) is 0 Å². The molecule has 37 heavy (non-hydrogen) atoms. The van der Waals surface area contributed by atoms with E-state index in [2.05, 4.69) is 4.98 Å². The van der Waals surface area contributed by atoms with Gasteiger partial charge in [-0.05, 0) is 31.0 Å². The molecule has 192 valence electrons. The summed E-state index contributed by atoms with van der Waals surface area (Å²) in [5.41, 5.74) is 2.05. The minimum Gasteiger partial charge on any atom is -0.420 e. The van der Waals surface area contributed by atoms with E-state index >= 15 is 0 Å². The predicted molar refractivity (Wildman–Crippen MR) is 146 cm³/mol. The van der Waals surface area contributed by atoms with Crippen LogP contribution in [0.2, 0.25) is 0 Å². The third-order valence-electron chi connectivity index (χ3n) is 6.08. The van der Waals surface area contributed by atoms with E-state index in [-0.39, 0.29) is 27.6 Å².